The van der Waals surface area contributed by atoms with E-state index >= 15 is 0 Å². The molecule has 4 heteroatoms. The van der Waals surface area contributed by atoms with Gasteiger partial charge >= 0.3 is 0 Å². The third-order valence-corrected chi connectivity index (χ3v) is 2.00. The Kier molecular flexibility index (Phi) is 2.10. The molecule has 2 aromatic rings. The van der Waals surface area contributed by atoms with Gasteiger partial charge in [-0.05, 0) is 19.1 Å². The number of aldehydes is 1. The Morgan fingerprint density at radius 1 is 1.36 bits per heavy atom. The molecule has 0 aliphatic heterocycles. The summed E-state index contributed by atoms with van der Waals surface area (Å²) in [4.78, 5) is 18.5. The normalized spacial score (nSPS) is 10.1. The number of pyridine rings is 1. The number of aromatic nitrogens is 3. The van der Waals surface area contributed by atoms with Gasteiger partial charge in [0.2, 0.25) is 0 Å². The maximum absolute atomic E-state index is 10.4. The van der Waals surface area contributed by atoms with Crippen LogP contribution in [-0.2, 0) is 0 Å². The molecule has 0 radical (unpaired) electrons. The van der Waals surface area contributed by atoms with Crippen molar-refractivity contribution >= 4 is 6.29 Å². The molecule has 2 heterocycles. The van der Waals surface area contributed by atoms with E-state index in [0.29, 0.717) is 5.69 Å². The van der Waals surface area contributed by atoms with Crippen molar-refractivity contribution in [1.29, 1.82) is 0 Å². The monoisotopic (exact) mass is 187 g/mol. The number of rotatable bonds is 2. The predicted octanol–water partition coefficient (Wildman–Crippen LogP) is 1.39. The van der Waals surface area contributed by atoms with Crippen LogP contribution in [0.25, 0.3) is 5.69 Å². The zero-order valence-corrected chi connectivity index (χ0v) is 7.71. The standard InChI is InChI=1S/C10H9N3O/c1-8-11-4-5-13(8)10-3-2-9(7-14)12-6-10/h2-7H,1H3. The Morgan fingerprint density at radius 3 is 2.71 bits per heavy atom. The van der Waals surface area contributed by atoms with E-state index in [9.17, 15) is 4.79 Å². The third kappa shape index (κ3) is 1.42. The van der Waals surface area contributed by atoms with Crippen LogP contribution >= 0.6 is 0 Å². The van der Waals surface area contributed by atoms with Gasteiger partial charge in [-0.15, -0.1) is 0 Å². The van der Waals surface area contributed by atoms with E-state index in [1.165, 1.54) is 0 Å². The van der Waals surface area contributed by atoms with Crippen molar-refractivity contribution in [2.24, 2.45) is 0 Å². The van der Waals surface area contributed by atoms with Crippen LogP contribution < -0.4 is 0 Å². The van der Waals surface area contributed by atoms with Crippen molar-refractivity contribution in [2.75, 3.05) is 0 Å². The van der Waals surface area contributed by atoms with E-state index in [1.54, 1.807) is 18.5 Å². The fraction of sp³-hybridized carbons (Fsp3) is 0.100. The second kappa shape index (κ2) is 3.41. The molecule has 0 aromatic carbocycles. The van der Waals surface area contributed by atoms with Gasteiger partial charge in [0.15, 0.2) is 6.29 Å². The first-order valence-electron chi connectivity index (χ1n) is 4.23. The van der Waals surface area contributed by atoms with Gasteiger partial charge in [0.05, 0.1) is 11.9 Å². The van der Waals surface area contributed by atoms with E-state index in [4.69, 9.17) is 0 Å². The quantitative estimate of drug-likeness (QED) is 0.667. The van der Waals surface area contributed by atoms with Gasteiger partial charge in [-0.25, -0.2) is 4.98 Å². The lowest BCUT2D eigenvalue weighted by Gasteiger charge is -2.03. The fourth-order valence-electron chi connectivity index (χ4n) is 1.26. The molecule has 70 valence electrons. The van der Waals surface area contributed by atoms with E-state index in [1.807, 2.05) is 23.8 Å². The van der Waals surface area contributed by atoms with Crippen molar-refractivity contribution in [3.05, 3.63) is 42.2 Å². The van der Waals surface area contributed by atoms with Crippen molar-refractivity contribution in [3.8, 4) is 5.69 Å². The summed E-state index contributed by atoms with van der Waals surface area (Å²) in [5.41, 5.74) is 1.34. The molecule has 0 saturated carbocycles. The van der Waals surface area contributed by atoms with Gasteiger partial charge in [-0.3, -0.25) is 9.78 Å². The second-order valence-electron chi connectivity index (χ2n) is 2.90. The number of nitrogens with zero attached hydrogens (tertiary/aromatic N) is 3. The molecule has 0 atom stereocenters. The first-order valence-corrected chi connectivity index (χ1v) is 4.23. The van der Waals surface area contributed by atoms with Crippen LogP contribution in [0, 0.1) is 6.92 Å². The minimum Gasteiger partial charge on any atom is -0.302 e. The molecule has 2 aromatic heterocycles. The molecular formula is C10H9N3O. The highest BCUT2D eigenvalue weighted by Gasteiger charge is 2.00. The highest BCUT2D eigenvalue weighted by molar-refractivity contribution is 5.71. The van der Waals surface area contributed by atoms with Crippen LogP contribution in [0.15, 0.2) is 30.7 Å². The highest BCUT2D eigenvalue weighted by Crippen LogP contribution is 2.08. The molecule has 0 unspecified atom stereocenters. The number of imidazole rings is 1. The summed E-state index contributed by atoms with van der Waals surface area (Å²) in [5, 5.41) is 0. The van der Waals surface area contributed by atoms with Gasteiger partial charge in [0.25, 0.3) is 0 Å². The molecule has 0 bridgehead atoms. The first kappa shape index (κ1) is 8.62. The maximum Gasteiger partial charge on any atom is 0.168 e. The molecule has 2 rings (SSSR count). The maximum atomic E-state index is 10.4. The Morgan fingerprint density at radius 2 is 2.21 bits per heavy atom. The lowest BCUT2D eigenvalue weighted by molar-refractivity contribution is 0.111. The topological polar surface area (TPSA) is 47.8 Å². The SMILES string of the molecule is Cc1nccn1-c1ccc(C=O)nc1. The summed E-state index contributed by atoms with van der Waals surface area (Å²) in [6, 6.07) is 3.52. The van der Waals surface area contributed by atoms with Gasteiger partial charge in [-0.2, -0.15) is 0 Å². The minimum atomic E-state index is 0.437. The zero-order chi connectivity index (χ0) is 9.97. The average Bonchev–Trinajstić information content (AvgIpc) is 2.65. The second-order valence-corrected chi connectivity index (χ2v) is 2.90. The molecule has 0 saturated heterocycles. The number of carbonyl (C=O) groups is 1. The minimum absolute atomic E-state index is 0.437. The summed E-state index contributed by atoms with van der Waals surface area (Å²) < 4.78 is 1.90. The van der Waals surface area contributed by atoms with Crippen LogP contribution in [0.3, 0.4) is 0 Å². The van der Waals surface area contributed by atoms with Crippen molar-refractivity contribution in [3.63, 3.8) is 0 Å². The van der Waals surface area contributed by atoms with Crippen LogP contribution in [0.5, 0.6) is 0 Å². The van der Waals surface area contributed by atoms with Gasteiger partial charge in [-0.1, -0.05) is 0 Å². The molecule has 14 heavy (non-hydrogen) atoms. The Hall–Kier alpha value is -1.97. The van der Waals surface area contributed by atoms with E-state index in [-0.39, 0.29) is 0 Å². The number of hydrogen-bond donors (Lipinski definition) is 0. The summed E-state index contributed by atoms with van der Waals surface area (Å²) in [6.45, 7) is 1.91. The van der Waals surface area contributed by atoms with Crippen LogP contribution in [-0.4, -0.2) is 20.8 Å². The van der Waals surface area contributed by atoms with E-state index < -0.39 is 0 Å². The van der Waals surface area contributed by atoms with Crippen molar-refractivity contribution < 1.29 is 4.79 Å². The lowest BCUT2D eigenvalue weighted by atomic mass is 10.3. The first-order chi connectivity index (χ1) is 6.81. The lowest BCUT2D eigenvalue weighted by Crippen LogP contribution is -1.97. The number of carbonyl (C=O) groups excluding carboxylic acids is 1. The van der Waals surface area contributed by atoms with Crippen LogP contribution in [0.2, 0.25) is 0 Å². The number of hydrogen-bond acceptors (Lipinski definition) is 3. The molecule has 0 aliphatic rings. The predicted molar refractivity (Wildman–Crippen MR) is 51.5 cm³/mol. The van der Waals surface area contributed by atoms with Crippen LogP contribution in [0.4, 0.5) is 0 Å². The Labute approximate surface area is 81.2 Å². The summed E-state index contributed by atoms with van der Waals surface area (Å²) in [6.07, 6.45) is 5.96. The van der Waals surface area contributed by atoms with Gasteiger partial charge < -0.3 is 4.57 Å². The fourth-order valence-corrected chi connectivity index (χ4v) is 1.26. The highest BCUT2D eigenvalue weighted by atomic mass is 16.1. The molecule has 0 aliphatic carbocycles. The largest absolute Gasteiger partial charge is 0.302 e. The van der Waals surface area contributed by atoms with Gasteiger partial charge in [0, 0.05) is 12.4 Å². The Balaban J connectivity index is 2.43. The Bertz CT molecular complexity index is 445. The summed E-state index contributed by atoms with van der Waals surface area (Å²) in [7, 11) is 0. The molecule has 0 fully saturated rings. The summed E-state index contributed by atoms with van der Waals surface area (Å²) >= 11 is 0. The molecule has 0 N–H and O–H groups in total. The number of aryl methyl sites for hydroxylation is 1. The molecule has 0 amide bonds. The third-order valence-electron chi connectivity index (χ3n) is 2.00. The summed E-state index contributed by atoms with van der Waals surface area (Å²) in [5.74, 6) is 0.894. The smallest absolute Gasteiger partial charge is 0.168 e. The van der Waals surface area contributed by atoms with Gasteiger partial charge in [0.1, 0.15) is 11.5 Å². The van der Waals surface area contributed by atoms with Crippen LogP contribution in [0.1, 0.15) is 16.3 Å². The average molecular weight is 187 g/mol. The van der Waals surface area contributed by atoms with Crippen molar-refractivity contribution in [1.82, 2.24) is 14.5 Å². The van der Waals surface area contributed by atoms with Crippen molar-refractivity contribution in [2.45, 2.75) is 6.92 Å². The van der Waals surface area contributed by atoms with E-state index in [2.05, 4.69) is 9.97 Å². The van der Waals surface area contributed by atoms with E-state index in [0.717, 1.165) is 17.8 Å². The molecule has 0 spiro atoms. The zero-order valence-electron chi connectivity index (χ0n) is 7.71. The molecular weight excluding hydrogens is 178 g/mol. The molecule has 4 nitrogen and oxygen atoms in total.